The number of tetrazole rings is 1. The number of nitrogens with zero attached hydrogens (tertiary/aromatic N) is 7. The third-order valence-electron chi connectivity index (χ3n) is 4.31. The highest BCUT2D eigenvalue weighted by atomic mass is 16.5. The molecule has 1 aliphatic heterocycles. The Hall–Kier alpha value is -1.87. The number of rotatable bonds is 5. The minimum atomic E-state index is -0.0750. The molecule has 1 aliphatic carbocycles. The molecule has 2 aromatic rings. The van der Waals surface area contributed by atoms with E-state index in [1.54, 1.807) is 0 Å². The summed E-state index contributed by atoms with van der Waals surface area (Å²) in [4.78, 5) is 6.87. The quantitative estimate of drug-likeness (QED) is 0.871. The molecule has 0 aromatic carbocycles. The molecule has 2 aromatic heterocycles. The van der Waals surface area contributed by atoms with Crippen LogP contribution in [0.25, 0.3) is 0 Å². The molecule has 0 amide bonds. The van der Waals surface area contributed by atoms with Crippen molar-refractivity contribution in [3.05, 3.63) is 17.5 Å². The van der Waals surface area contributed by atoms with E-state index in [2.05, 4.69) is 49.5 Å². The molecule has 0 unspecified atom stereocenters. The Morgan fingerprint density at radius 2 is 2.22 bits per heavy atom. The third kappa shape index (κ3) is 3.11. The van der Waals surface area contributed by atoms with Crippen molar-refractivity contribution in [2.24, 2.45) is 0 Å². The Morgan fingerprint density at radius 1 is 1.35 bits per heavy atom. The highest BCUT2D eigenvalue weighted by Gasteiger charge is 2.30. The van der Waals surface area contributed by atoms with Crippen LogP contribution in [-0.2, 0) is 11.3 Å². The average Bonchev–Trinajstić information content (AvgIpc) is 3.09. The second kappa shape index (κ2) is 5.97. The number of aromatic amines is 1. The zero-order chi connectivity index (χ0) is 15.8. The molecule has 1 N–H and O–H groups in total. The van der Waals surface area contributed by atoms with Crippen LogP contribution in [0, 0.1) is 0 Å². The fourth-order valence-electron chi connectivity index (χ4n) is 2.82. The molecule has 3 heterocycles. The molecule has 9 nitrogen and oxygen atoms in total. The van der Waals surface area contributed by atoms with Gasteiger partial charge in [-0.05, 0) is 23.3 Å². The second-order valence-electron chi connectivity index (χ2n) is 6.60. The van der Waals surface area contributed by atoms with Crippen molar-refractivity contribution in [1.82, 2.24) is 40.3 Å². The summed E-state index contributed by atoms with van der Waals surface area (Å²) >= 11 is 0. The van der Waals surface area contributed by atoms with Crippen molar-refractivity contribution in [1.29, 1.82) is 0 Å². The maximum absolute atomic E-state index is 5.86. The van der Waals surface area contributed by atoms with Gasteiger partial charge in [0.2, 0.25) is 0 Å². The standard InChI is InChI=1S/C14H22N8O/c1-9(2)13-15-14(18-17-13)11-7-21(5-6-23-11)8-12-16-19-20-22(12)10-3-4-10/h9-11H,3-8H2,1-2H3,(H,15,17,18)/t11-/m0/s1. The van der Waals surface area contributed by atoms with E-state index in [4.69, 9.17) is 4.74 Å². The van der Waals surface area contributed by atoms with Gasteiger partial charge in [-0.2, -0.15) is 5.10 Å². The minimum Gasteiger partial charge on any atom is -0.368 e. The lowest BCUT2D eigenvalue weighted by Crippen LogP contribution is -2.38. The van der Waals surface area contributed by atoms with Gasteiger partial charge in [0.15, 0.2) is 17.5 Å². The van der Waals surface area contributed by atoms with Gasteiger partial charge < -0.3 is 4.74 Å². The number of nitrogens with one attached hydrogen (secondary N) is 1. The average molecular weight is 318 g/mol. The summed E-state index contributed by atoms with van der Waals surface area (Å²) < 4.78 is 7.83. The fourth-order valence-corrected chi connectivity index (χ4v) is 2.82. The highest BCUT2D eigenvalue weighted by Crippen LogP contribution is 2.34. The highest BCUT2D eigenvalue weighted by molar-refractivity contribution is 5.00. The second-order valence-corrected chi connectivity index (χ2v) is 6.60. The first kappa shape index (κ1) is 14.7. The Labute approximate surface area is 134 Å². The zero-order valence-corrected chi connectivity index (χ0v) is 13.5. The van der Waals surface area contributed by atoms with Crippen LogP contribution in [-0.4, -0.2) is 60.0 Å². The molecule has 23 heavy (non-hydrogen) atoms. The number of ether oxygens (including phenoxy) is 1. The zero-order valence-electron chi connectivity index (χ0n) is 13.5. The normalized spacial score (nSPS) is 22.8. The van der Waals surface area contributed by atoms with E-state index in [1.807, 2.05) is 4.68 Å². The first-order valence-electron chi connectivity index (χ1n) is 8.23. The van der Waals surface area contributed by atoms with E-state index in [0.717, 1.165) is 37.1 Å². The molecular weight excluding hydrogens is 296 g/mol. The molecular formula is C14H22N8O. The van der Waals surface area contributed by atoms with Gasteiger partial charge in [-0.1, -0.05) is 13.8 Å². The van der Waals surface area contributed by atoms with Crippen LogP contribution in [0.3, 0.4) is 0 Å². The maximum Gasteiger partial charge on any atom is 0.165 e. The van der Waals surface area contributed by atoms with Gasteiger partial charge in [0.1, 0.15) is 6.10 Å². The summed E-state index contributed by atoms with van der Waals surface area (Å²) in [6, 6.07) is 0.500. The topological polar surface area (TPSA) is 97.6 Å². The van der Waals surface area contributed by atoms with Crippen molar-refractivity contribution < 1.29 is 4.74 Å². The van der Waals surface area contributed by atoms with Crippen LogP contribution in [0.1, 0.15) is 62.2 Å². The van der Waals surface area contributed by atoms with Crippen LogP contribution < -0.4 is 0 Å². The smallest absolute Gasteiger partial charge is 0.165 e. The van der Waals surface area contributed by atoms with E-state index < -0.39 is 0 Å². The number of aromatic nitrogens is 7. The monoisotopic (exact) mass is 318 g/mol. The lowest BCUT2D eigenvalue weighted by molar-refractivity contribution is -0.0381. The Bertz CT molecular complexity index is 661. The van der Waals surface area contributed by atoms with Gasteiger partial charge in [0.05, 0.1) is 19.2 Å². The van der Waals surface area contributed by atoms with Crippen molar-refractivity contribution in [2.45, 2.75) is 51.3 Å². The summed E-state index contributed by atoms with van der Waals surface area (Å²) in [6.07, 6.45) is 2.29. The molecule has 0 radical (unpaired) electrons. The predicted octanol–water partition coefficient (Wildman–Crippen LogP) is 0.823. The first-order valence-corrected chi connectivity index (χ1v) is 8.23. The van der Waals surface area contributed by atoms with Crippen LogP contribution in [0.4, 0.5) is 0 Å². The Kier molecular flexibility index (Phi) is 3.82. The summed E-state index contributed by atoms with van der Waals surface area (Å²) in [6.45, 7) is 7.22. The molecule has 4 rings (SSSR count). The van der Waals surface area contributed by atoms with Gasteiger partial charge in [-0.15, -0.1) is 5.10 Å². The van der Waals surface area contributed by atoms with E-state index >= 15 is 0 Å². The van der Waals surface area contributed by atoms with Gasteiger partial charge in [-0.25, -0.2) is 9.67 Å². The molecule has 0 bridgehead atoms. The third-order valence-corrected chi connectivity index (χ3v) is 4.31. The Morgan fingerprint density at radius 3 is 2.96 bits per heavy atom. The van der Waals surface area contributed by atoms with Crippen LogP contribution >= 0.6 is 0 Å². The molecule has 9 heteroatoms. The molecule has 124 valence electrons. The lowest BCUT2D eigenvalue weighted by Gasteiger charge is -2.31. The fraction of sp³-hybridized carbons (Fsp3) is 0.786. The van der Waals surface area contributed by atoms with E-state index in [0.29, 0.717) is 18.6 Å². The number of hydrogen-bond acceptors (Lipinski definition) is 7. The minimum absolute atomic E-state index is 0.0750. The molecule has 1 atom stereocenters. The number of hydrogen-bond donors (Lipinski definition) is 1. The first-order chi connectivity index (χ1) is 11.2. The summed E-state index contributed by atoms with van der Waals surface area (Å²) in [5, 5.41) is 19.4. The molecule has 1 saturated heterocycles. The van der Waals surface area contributed by atoms with E-state index in [-0.39, 0.29) is 6.10 Å². The van der Waals surface area contributed by atoms with Crippen molar-refractivity contribution in [2.75, 3.05) is 19.7 Å². The van der Waals surface area contributed by atoms with Crippen molar-refractivity contribution in [3.63, 3.8) is 0 Å². The largest absolute Gasteiger partial charge is 0.368 e. The van der Waals surface area contributed by atoms with Crippen molar-refractivity contribution >= 4 is 0 Å². The Balaban J connectivity index is 1.43. The van der Waals surface area contributed by atoms with Gasteiger partial charge in [0, 0.05) is 19.0 Å². The maximum atomic E-state index is 5.86. The molecule has 2 fully saturated rings. The number of H-pyrrole nitrogens is 1. The van der Waals surface area contributed by atoms with Crippen LogP contribution in [0.15, 0.2) is 0 Å². The van der Waals surface area contributed by atoms with Gasteiger partial charge in [0.25, 0.3) is 0 Å². The van der Waals surface area contributed by atoms with Crippen molar-refractivity contribution in [3.8, 4) is 0 Å². The molecule has 1 saturated carbocycles. The van der Waals surface area contributed by atoms with Crippen LogP contribution in [0.5, 0.6) is 0 Å². The molecule has 2 aliphatic rings. The predicted molar refractivity (Wildman–Crippen MR) is 80.5 cm³/mol. The molecule has 0 spiro atoms. The van der Waals surface area contributed by atoms with Crippen LogP contribution in [0.2, 0.25) is 0 Å². The summed E-state index contributed by atoms with van der Waals surface area (Å²) in [5.41, 5.74) is 0. The van der Waals surface area contributed by atoms with Gasteiger partial charge >= 0.3 is 0 Å². The lowest BCUT2D eigenvalue weighted by atomic mass is 10.2. The van der Waals surface area contributed by atoms with E-state index in [9.17, 15) is 0 Å². The van der Waals surface area contributed by atoms with Gasteiger partial charge in [-0.3, -0.25) is 10.00 Å². The summed E-state index contributed by atoms with van der Waals surface area (Å²) in [5.74, 6) is 2.88. The number of morpholine rings is 1. The van der Waals surface area contributed by atoms with E-state index in [1.165, 1.54) is 12.8 Å². The summed E-state index contributed by atoms with van der Waals surface area (Å²) in [7, 11) is 0. The SMILES string of the molecule is CC(C)c1n[nH]c([C@@H]2CN(Cc3nnnn3C3CC3)CCO2)n1.